The van der Waals surface area contributed by atoms with Crippen molar-refractivity contribution in [2.75, 3.05) is 6.61 Å². The van der Waals surface area contributed by atoms with E-state index in [0.717, 1.165) is 15.7 Å². The predicted octanol–water partition coefficient (Wildman–Crippen LogP) is 4.96. The van der Waals surface area contributed by atoms with Gasteiger partial charge in [0.25, 0.3) is 0 Å². The van der Waals surface area contributed by atoms with E-state index in [2.05, 4.69) is 20.9 Å². The van der Waals surface area contributed by atoms with Crippen LogP contribution in [0.5, 0.6) is 11.5 Å². The minimum absolute atomic E-state index is 0.121. The van der Waals surface area contributed by atoms with Crippen molar-refractivity contribution in [1.29, 1.82) is 0 Å². The maximum absolute atomic E-state index is 9.63. The highest BCUT2D eigenvalue weighted by Crippen LogP contribution is 2.28. The van der Waals surface area contributed by atoms with E-state index in [9.17, 15) is 5.11 Å². The van der Waals surface area contributed by atoms with Crippen molar-refractivity contribution in [3.8, 4) is 11.5 Å². The number of phenolic OH excluding ortho intramolecular Hbond substituents is 1. The van der Waals surface area contributed by atoms with Crippen LogP contribution in [0, 0.1) is 0 Å². The van der Waals surface area contributed by atoms with Crippen LogP contribution in [0.3, 0.4) is 0 Å². The maximum atomic E-state index is 9.63. The second-order valence-corrected chi connectivity index (χ2v) is 5.28. The molecule has 3 nitrogen and oxygen atoms in total. The molecule has 0 saturated heterocycles. The number of ether oxygens (including phenoxy) is 1. The Kier molecular flexibility index (Phi) is 5.04. The summed E-state index contributed by atoms with van der Waals surface area (Å²) in [7, 11) is 0. The first-order chi connectivity index (χ1) is 9.60. The zero-order valence-corrected chi connectivity index (χ0v) is 13.1. The molecule has 0 atom stereocenters. The van der Waals surface area contributed by atoms with E-state index < -0.39 is 0 Å². The van der Waals surface area contributed by atoms with Crippen LogP contribution in [0.4, 0.5) is 5.69 Å². The standard InChI is InChI=1S/C15H13BrClNO2/c1-2-20-15-7-10(3-6-14(15)19)9-18-11-4-5-12(16)13(17)8-11/h3-9,19H,2H2,1H3. The van der Waals surface area contributed by atoms with Crippen molar-refractivity contribution >= 4 is 39.4 Å². The highest BCUT2D eigenvalue weighted by Gasteiger charge is 2.02. The fourth-order valence-corrected chi connectivity index (χ4v) is 2.02. The predicted molar refractivity (Wildman–Crippen MR) is 85.7 cm³/mol. The van der Waals surface area contributed by atoms with Gasteiger partial charge in [0.2, 0.25) is 0 Å². The lowest BCUT2D eigenvalue weighted by Gasteiger charge is -2.06. The Morgan fingerprint density at radius 1 is 1.30 bits per heavy atom. The number of aliphatic imine (C=N–C) groups is 1. The SMILES string of the molecule is CCOc1cc(C=Nc2ccc(Br)c(Cl)c2)ccc1O. The van der Waals surface area contributed by atoms with Crippen LogP contribution in [0.2, 0.25) is 5.02 Å². The molecule has 0 bridgehead atoms. The number of aromatic hydroxyl groups is 1. The van der Waals surface area contributed by atoms with Gasteiger partial charge in [0.1, 0.15) is 0 Å². The Morgan fingerprint density at radius 3 is 2.80 bits per heavy atom. The van der Waals surface area contributed by atoms with Gasteiger partial charge in [-0.15, -0.1) is 0 Å². The van der Waals surface area contributed by atoms with Crippen molar-refractivity contribution in [3.63, 3.8) is 0 Å². The molecule has 0 fully saturated rings. The molecular weight excluding hydrogens is 342 g/mol. The van der Waals surface area contributed by atoms with E-state index in [1.807, 2.05) is 19.1 Å². The van der Waals surface area contributed by atoms with Crippen molar-refractivity contribution in [2.24, 2.45) is 4.99 Å². The average Bonchev–Trinajstić information content (AvgIpc) is 2.43. The second kappa shape index (κ2) is 6.77. The number of rotatable bonds is 4. The molecule has 0 saturated carbocycles. The Hall–Kier alpha value is -1.52. The van der Waals surface area contributed by atoms with Crippen molar-refractivity contribution in [2.45, 2.75) is 6.92 Å². The molecule has 0 spiro atoms. The molecule has 2 aromatic carbocycles. The lowest BCUT2D eigenvalue weighted by Crippen LogP contribution is -1.93. The molecule has 0 unspecified atom stereocenters. The van der Waals surface area contributed by atoms with Gasteiger partial charge >= 0.3 is 0 Å². The van der Waals surface area contributed by atoms with Crippen LogP contribution in [-0.4, -0.2) is 17.9 Å². The highest BCUT2D eigenvalue weighted by molar-refractivity contribution is 9.10. The van der Waals surface area contributed by atoms with E-state index in [1.54, 1.807) is 30.5 Å². The van der Waals surface area contributed by atoms with E-state index in [-0.39, 0.29) is 5.75 Å². The van der Waals surface area contributed by atoms with Crippen LogP contribution >= 0.6 is 27.5 Å². The van der Waals surface area contributed by atoms with Gasteiger partial charge in [-0.05, 0) is 64.8 Å². The Balaban J connectivity index is 2.22. The third-order valence-corrected chi connectivity index (χ3v) is 3.78. The first kappa shape index (κ1) is 14.9. The van der Waals surface area contributed by atoms with Gasteiger partial charge in [-0.1, -0.05) is 11.6 Å². The van der Waals surface area contributed by atoms with Gasteiger partial charge in [-0.25, -0.2) is 0 Å². The van der Waals surface area contributed by atoms with Gasteiger partial charge in [0.05, 0.1) is 17.3 Å². The number of hydrogen-bond donors (Lipinski definition) is 1. The van der Waals surface area contributed by atoms with Crippen molar-refractivity contribution < 1.29 is 9.84 Å². The molecule has 2 rings (SSSR count). The lowest BCUT2D eigenvalue weighted by atomic mass is 10.2. The molecule has 0 heterocycles. The summed E-state index contributed by atoms with van der Waals surface area (Å²) < 4.78 is 6.16. The molecule has 0 aliphatic rings. The Labute approximate surface area is 131 Å². The molecule has 20 heavy (non-hydrogen) atoms. The number of hydrogen-bond acceptors (Lipinski definition) is 3. The summed E-state index contributed by atoms with van der Waals surface area (Å²) in [5.41, 5.74) is 1.59. The van der Waals surface area contributed by atoms with Crippen LogP contribution in [0.1, 0.15) is 12.5 Å². The topological polar surface area (TPSA) is 41.8 Å². The minimum atomic E-state index is 0.121. The molecule has 0 aromatic heterocycles. The number of nitrogens with zero attached hydrogens (tertiary/aromatic N) is 1. The van der Waals surface area contributed by atoms with E-state index in [4.69, 9.17) is 16.3 Å². The highest BCUT2D eigenvalue weighted by atomic mass is 79.9. The fourth-order valence-electron chi connectivity index (χ4n) is 1.60. The summed E-state index contributed by atoms with van der Waals surface area (Å²) in [5, 5.41) is 10.2. The van der Waals surface area contributed by atoms with Gasteiger partial charge < -0.3 is 9.84 Å². The van der Waals surface area contributed by atoms with E-state index in [1.165, 1.54) is 0 Å². The maximum Gasteiger partial charge on any atom is 0.161 e. The van der Waals surface area contributed by atoms with E-state index >= 15 is 0 Å². The monoisotopic (exact) mass is 353 g/mol. The normalized spacial score (nSPS) is 10.9. The van der Waals surface area contributed by atoms with Crippen molar-refractivity contribution in [1.82, 2.24) is 0 Å². The third kappa shape index (κ3) is 3.74. The molecule has 1 N–H and O–H groups in total. The molecule has 104 valence electrons. The summed E-state index contributed by atoms with van der Waals surface area (Å²) in [5.74, 6) is 0.570. The zero-order chi connectivity index (χ0) is 14.5. The first-order valence-corrected chi connectivity index (χ1v) is 7.22. The molecule has 0 aliphatic carbocycles. The number of phenols is 1. The van der Waals surface area contributed by atoms with Gasteiger partial charge in [-0.3, -0.25) is 4.99 Å². The van der Waals surface area contributed by atoms with Gasteiger partial charge in [0, 0.05) is 10.7 Å². The van der Waals surface area contributed by atoms with Crippen LogP contribution < -0.4 is 4.74 Å². The van der Waals surface area contributed by atoms with Crippen LogP contribution in [-0.2, 0) is 0 Å². The molecule has 5 heteroatoms. The zero-order valence-electron chi connectivity index (χ0n) is 10.8. The number of benzene rings is 2. The summed E-state index contributed by atoms with van der Waals surface area (Å²) in [6, 6.07) is 10.6. The Morgan fingerprint density at radius 2 is 2.10 bits per heavy atom. The Bertz CT molecular complexity index is 644. The molecular formula is C15H13BrClNO2. The summed E-state index contributed by atoms with van der Waals surface area (Å²) in [6.07, 6.45) is 1.70. The van der Waals surface area contributed by atoms with E-state index in [0.29, 0.717) is 17.4 Å². The smallest absolute Gasteiger partial charge is 0.161 e. The molecule has 0 amide bonds. The summed E-state index contributed by atoms with van der Waals surface area (Å²) >= 11 is 9.34. The minimum Gasteiger partial charge on any atom is -0.504 e. The van der Waals surface area contributed by atoms with Crippen molar-refractivity contribution in [3.05, 3.63) is 51.5 Å². The number of halogens is 2. The van der Waals surface area contributed by atoms with Gasteiger partial charge in [0.15, 0.2) is 11.5 Å². The third-order valence-electron chi connectivity index (χ3n) is 2.55. The second-order valence-electron chi connectivity index (χ2n) is 4.02. The van der Waals surface area contributed by atoms with Crippen LogP contribution in [0.25, 0.3) is 0 Å². The van der Waals surface area contributed by atoms with Gasteiger partial charge in [-0.2, -0.15) is 0 Å². The summed E-state index contributed by atoms with van der Waals surface area (Å²) in [4.78, 5) is 4.34. The van der Waals surface area contributed by atoms with Crippen LogP contribution in [0.15, 0.2) is 45.9 Å². The lowest BCUT2D eigenvalue weighted by molar-refractivity contribution is 0.318. The summed E-state index contributed by atoms with van der Waals surface area (Å²) in [6.45, 7) is 2.36. The first-order valence-electron chi connectivity index (χ1n) is 6.05. The molecule has 2 aromatic rings. The quantitative estimate of drug-likeness (QED) is 0.789. The largest absolute Gasteiger partial charge is 0.504 e. The average molecular weight is 355 g/mol. The molecule has 0 radical (unpaired) electrons. The molecule has 0 aliphatic heterocycles. The fraction of sp³-hybridized carbons (Fsp3) is 0.133.